The molecule has 1 aliphatic rings. The molecule has 0 aromatic carbocycles. The molecule has 22 heteroatoms. The van der Waals surface area contributed by atoms with Gasteiger partial charge in [-0.15, -0.1) is 0 Å². The molecule has 0 aromatic rings. The van der Waals surface area contributed by atoms with E-state index in [4.69, 9.17) is 18.5 Å². The lowest BCUT2D eigenvalue weighted by Crippen LogP contribution is -2.65. The number of aliphatic hydroxyl groups excluding tert-OH is 3. The first-order chi connectivity index (χ1) is 31.8. The minimum atomic E-state index is -5.60. The summed E-state index contributed by atoms with van der Waals surface area (Å²) >= 11 is 0. The van der Waals surface area contributed by atoms with Gasteiger partial charge in [-0.25, -0.2) is 13.7 Å². The molecule has 5 unspecified atom stereocenters. The molecule has 0 bridgehead atoms. The number of rotatable bonds is 41. The molecule has 67 heavy (non-hydrogen) atoms. The van der Waals surface area contributed by atoms with Crippen molar-refractivity contribution in [3.63, 3.8) is 0 Å². The molecule has 0 saturated heterocycles. The predicted molar refractivity (Wildman–Crippen MR) is 252 cm³/mol. The molecule has 0 heterocycles. The van der Waals surface area contributed by atoms with Crippen LogP contribution >= 0.6 is 23.5 Å². The van der Waals surface area contributed by atoms with E-state index in [1.807, 2.05) is 12.2 Å². The maximum atomic E-state index is 13.1. The van der Waals surface area contributed by atoms with E-state index in [1.165, 1.54) is 83.5 Å². The van der Waals surface area contributed by atoms with Gasteiger partial charge in [0.05, 0.1) is 6.61 Å². The number of aliphatic hydroxyl groups is 3. The summed E-state index contributed by atoms with van der Waals surface area (Å²) in [6, 6.07) is 0. The summed E-state index contributed by atoms with van der Waals surface area (Å²) in [4.78, 5) is 73.2. The van der Waals surface area contributed by atoms with Crippen molar-refractivity contribution < 1.29 is 90.6 Å². The van der Waals surface area contributed by atoms with Gasteiger partial charge in [0.25, 0.3) is 0 Å². The van der Waals surface area contributed by atoms with Crippen LogP contribution in [-0.2, 0) is 50.9 Å². The Balaban J connectivity index is 2.75. The number of phosphoric ester groups is 3. The van der Waals surface area contributed by atoms with Crippen molar-refractivity contribution in [2.24, 2.45) is 0 Å². The van der Waals surface area contributed by atoms with Crippen LogP contribution in [0.5, 0.6) is 0 Å². The van der Waals surface area contributed by atoms with Crippen LogP contribution in [0.3, 0.4) is 0 Å². The molecule has 0 aromatic heterocycles. The van der Waals surface area contributed by atoms with Crippen LogP contribution in [0.25, 0.3) is 0 Å². The molecule has 0 aliphatic heterocycles. The Bertz CT molecular complexity index is 1550. The standard InChI is InChI=1S/C45H83O19P3/c1-3-5-7-9-11-13-15-17-19-21-23-25-27-29-31-33-38(46)59-35-37(61-39(47)34-32-30-28-26-24-22-20-18-16-14-12-10-8-6-4-2)36-60-67(57,58)64-43-40(48)41(49)44(62-65(51,52)53)45(42(43)50)63-66(54,55)56/h12,14,18,20,24,26,37,40-45,48-50H,3-11,13,15-17,19,21-23,25,27-36H2,1-2H3,(H,57,58)(H2,51,52,53)(H2,54,55,56)/t37-,40?,41?,42?,43+,44?,45+/m1/s1. The van der Waals surface area contributed by atoms with Gasteiger partial charge in [0.1, 0.15) is 43.2 Å². The lowest BCUT2D eigenvalue weighted by molar-refractivity contribution is -0.213. The van der Waals surface area contributed by atoms with Gasteiger partial charge in [0, 0.05) is 12.8 Å². The molecule has 1 aliphatic carbocycles. The zero-order valence-electron chi connectivity index (χ0n) is 39.7. The Labute approximate surface area is 398 Å². The number of unbranched alkanes of at least 4 members (excludes halogenated alkanes) is 19. The number of phosphoric acid groups is 3. The largest absolute Gasteiger partial charge is 0.472 e. The Kier molecular flexibility index (Phi) is 35.2. The minimum absolute atomic E-state index is 0.0493. The number of hydrogen-bond donors (Lipinski definition) is 8. The summed E-state index contributed by atoms with van der Waals surface area (Å²) in [6.07, 6.45) is 21.7. The number of esters is 2. The van der Waals surface area contributed by atoms with Crippen molar-refractivity contribution in [1.29, 1.82) is 0 Å². The Morgan fingerprint density at radius 2 is 0.866 bits per heavy atom. The first-order valence-electron chi connectivity index (χ1n) is 24.3. The molecular weight excluding hydrogens is 937 g/mol. The SMILES string of the molecule is CCCCCC=CCC=CCC=CCCCCC(=O)O[C@H](COC(=O)CCCCCCCCCCCCCCCCC)COP(=O)(O)O[C@H]1C(O)C(O)C(OP(=O)(O)O)[C@@H](OP(=O)(O)O)C1O. The topological polar surface area (TPSA) is 303 Å². The monoisotopic (exact) mass is 1020 g/mol. The molecule has 1 fully saturated rings. The summed E-state index contributed by atoms with van der Waals surface area (Å²) in [7, 11) is -16.6. The maximum absolute atomic E-state index is 13.1. The molecule has 0 amide bonds. The lowest BCUT2D eigenvalue weighted by atomic mass is 9.85. The van der Waals surface area contributed by atoms with Crippen molar-refractivity contribution in [3.05, 3.63) is 36.5 Å². The summed E-state index contributed by atoms with van der Waals surface area (Å²) < 4.78 is 65.4. The van der Waals surface area contributed by atoms with E-state index >= 15 is 0 Å². The molecule has 8 N–H and O–H groups in total. The highest BCUT2D eigenvalue weighted by atomic mass is 31.2. The summed E-state index contributed by atoms with van der Waals surface area (Å²) in [5, 5.41) is 31.9. The fourth-order valence-corrected chi connectivity index (χ4v) is 9.39. The van der Waals surface area contributed by atoms with E-state index in [1.54, 1.807) is 0 Å². The van der Waals surface area contributed by atoms with E-state index in [9.17, 15) is 63.1 Å². The average molecular weight is 1020 g/mol. The molecule has 392 valence electrons. The number of carbonyl (C=O) groups is 2. The van der Waals surface area contributed by atoms with Crippen LogP contribution in [0.1, 0.15) is 181 Å². The first-order valence-corrected chi connectivity index (χ1v) is 28.8. The van der Waals surface area contributed by atoms with Gasteiger partial charge in [-0.1, -0.05) is 153 Å². The molecule has 0 spiro atoms. The van der Waals surface area contributed by atoms with Crippen LogP contribution < -0.4 is 0 Å². The van der Waals surface area contributed by atoms with Crippen LogP contribution in [0.4, 0.5) is 0 Å². The third kappa shape index (κ3) is 33.6. The average Bonchev–Trinajstić information content (AvgIpc) is 3.25. The van der Waals surface area contributed by atoms with Gasteiger partial charge in [0.15, 0.2) is 6.10 Å². The molecule has 1 saturated carbocycles. The maximum Gasteiger partial charge on any atom is 0.472 e. The Hall–Kier alpha value is -1.63. The second kappa shape index (κ2) is 37.2. The van der Waals surface area contributed by atoms with Gasteiger partial charge < -0.3 is 49.3 Å². The Morgan fingerprint density at radius 1 is 0.478 bits per heavy atom. The second-order valence-electron chi connectivity index (χ2n) is 17.0. The van der Waals surface area contributed by atoms with Crippen LogP contribution in [0.15, 0.2) is 36.5 Å². The van der Waals surface area contributed by atoms with Gasteiger partial charge in [-0.3, -0.25) is 27.7 Å². The number of carbonyl (C=O) groups excluding carboxylic acids is 2. The fourth-order valence-electron chi connectivity index (χ4n) is 7.30. The number of ether oxygens (including phenoxy) is 2. The predicted octanol–water partition coefficient (Wildman–Crippen LogP) is 8.85. The summed E-state index contributed by atoms with van der Waals surface area (Å²) in [5.41, 5.74) is 0. The zero-order chi connectivity index (χ0) is 50.0. The smallest absolute Gasteiger partial charge is 0.462 e. The van der Waals surface area contributed by atoms with Crippen molar-refractivity contribution in [2.75, 3.05) is 13.2 Å². The number of allylic oxidation sites excluding steroid dienone is 6. The lowest BCUT2D eigenvalue weighted by Gasteiger charge is -2.44. The van der Waals surface area contributed by atoms with Gasteiger partial charge in [-0.05, 0) is 51.4 Å². The highest BCUT2D eigenvalue weighted by Crippen LogP contribution is 2.51. The fraction of sp³-hybridized carbons (Fsp3) is 0.822. The molecule has 1 rings (SSSR count). The third-order valence-electron chi connectivity index (χ3n) is 10.9. The van der Waals surface area contributed by atoms with Gasteiger partial charge in [-0.2, -0.15) is 0 Å². The number of hydrogen-bond acceptors (Lipinski definition) is 14. The highest BCUT2D eigenvalue weighted by Gasteiger charge is 2.56. The van der Waals surface area contributed by atoms with Crippen molar-refractivity contribution >= 4 is 35.4 Å². The van der Waals surface area contributed by atoms with Crippen molar-refractivity contribution in [3.8, 4) is 0 Å². The quantitative estimate of drug-likeness (QED) is 0.0123. The van der Waals surface area contributed by atoms with Crippen molar-refractivity contribution in [2.45, 2.75) is 224 Å². The van der Waals surface area contributed by atoms with Crippen LogP contribution in [0.2, 0.25) is 0 Å². The Morgan fingerprint density at radius 3 is 1.36 bits per heavy atom. The van der Waals surface area contributed by atoms with Gasteiger partial charge >= 0.3 is 35.4 Å². The third-order valence-corrected chi connectivity index (χ3v) is 13.0. The summed E-state index contributed by atoms with van der Waals surface area (Å²) in [6.45, 7) is 2.89. The van der Waals surface area contributed by atoms with E-state index < -0.39 is 91.3 Å². The molecular formula is C45H83O19P3. The first kappa shape index (κ1) is 63.4. The molecule has 0 radical (unpaired) electrons. The van der Waals surface area contributed by atoms with Crippen molar-refractivity contribution in [1.82, 2.24) is 0 Å². The van der Waals surface area contributed by atoms with Crippen LogP contribution in [0, 0.1) is 0 Å². The summed E-state index contributed by atoms with van der Waals surface area (Å²) in [5.74, 6) is -1.34. The van der Waals surface area contributed by atoms with E-state index in [2.05, 4.69) is 47.2 Å². The van der Waals surface area contributed by atoms with E-state index in [0.717, 1.165) is 44.9 Å². The van der Waals surface area contributed by atoms with Gasteiger partial charge in [0.2, 0.25) is 0 Å². The highest BCUT2D eigenvalue weighted by molar-refractivity contribution is 7.47. The molecule has 8 atom stereocenters. The van der Waals surface area contributed by atoms with E-state index in [0.29, 0.717) is 25.7 Å². The zero-order valence-corrected chi connectivity index (χ0v) is 42.4. The normalized spacial score (nSPS) is 21.9. The second-order valence-corrected chi connectivity index (χ2v) is 20.8. The van der Waals surface area contributed by atoms with Crippen LogP contribution in [-0.4, -0.2) is 108 Å². The molecule has 19 nitrogen and oxygen atoms in total. The van der Waals surface area contributed by atoms with E-state index in [-0.39, 0.29) is 12.8 Å². The minimum Gasteiger partial charge on any atom is -0.462 e.